The highest BCUT2D eigenvalue weighted by Gasteiger charge is 2.12. The first kappa shape index (κ1) is 14.7. The Morgan fingerprint density at radius 2 is 1.74 bits per heavy atom. The van der Waals surface area contributed by atoms with Gasteiger partial charge in [-0.15, -0.1) is 0 Å². The highest BCUT2D eigenvalue weighted by molar-refractivity contribution is 9.10. The first-order chi connectivity index (χ1) is 9.19. The Balaban J connectivity index is 2.06. The van der Waals surface area contributed by atoms with E-state index in [1.807, 2.05) is 12.1 Å². The van der Waals surface area contributed by atoms with Crippen molar-refractivity contribution in [2.24, 2.45) is 5.92 Å². The van der Waals surface area contributed by atoms with Crippen LogP contribution in [0.1, 0.15) is 11.1 Å². The molecule has 0 N–H and O–H groups in total. The molecule has 1 unspecified atom stereocenters. The average Bonchev–Trinajstić information content (AvgIpc) is 2.42. The van der Waals surface area contributed by atoms with Gasteiger partial charge in [0.25, 0.3) is 0 Å². The van der Waals surface area contributed by atoms with E-state index in [0.717, 1.165) is 28.2 Å². The molecule has 0 bridgehead atoms. The molecule has 2 aromatic rings. The van der Waals surface area contributed by atoms with Gasteiger partial charge in [0, 0.05) is 9.80 Å². The van der Waals surface area contributed by atoms with Gasteiger partial charge in [0.2, 0.25) is 0 Å². The Morgan fingerprint density at radius 1 is 1.00 bits per heavy atom. The number of hydrogen-bond acceptors (Lipinski definition) is 0. The smallest absolute Gasteiger partial charge is 0.124 e. The molecule has 0 radical (unpaired) electrons. The number of benzene rings is 2. The zero-order chi connectivity index (χ0) is 13.7. The van der Waals surface area contributed by atoms with Gasteiger partial charge in [-0.2, -0.15) is 0 Å². The van der Waals surface area contributed by atoms with E-state index in [-0.39, 0.29) is 5.82 Å². The zero-order valence-electron chi connectivity index (χ0n) is 10.5. The fourth-order valence-corrected chi connectivity index (χ4v) is 3.10. The van der Waals surface area contributed by atoms with Crippen LogP contribution in [-0.4, -0.2) is 5.33 Å². The second-order valence-electron chi connectivity index (χ2n) is 4.65. The zero-order valence-corrected chi connectivity index (χ0v) is 13.6. The topological polar surface area (TPSA) is 0 Å². The molecular formula is C16H15Br2F. The quantitative estimate of drug-likeness (QED) is 0.605. The summed E-state index contributed by atoms with van der Waals surface area (Å²) >= 11 is 7.02. The van der Waals surface area contributed by atoms with Crippen molar-refractivity contribution < 1.29 is 4.39 Å². The van der Waals surface area contributed by atoms with Crippen molar-refractivity contribution in [1.29, 1.82) is 0 Å². The molecule has 0 aromatic heterocycles. The van der Waals surface area contributed by atoms with Crippen molar-refractivity contribution in [3.63, 3.8) is 0 Å². The van der Waals surface area contributed by atoms with Gasteiger partial charge in [-0.25, -0.2) is 4.39 Å². The molecule has 0 aliphatic rings. The lowest BCUT2D eigenvalue weighted by molar-refractivity contribution is 0.586. The summed E-state index contributed by atoms with van der Waals surface area (Å²) in [5.41, 5.74) is 2.49. The molecule has 1 atom stereocenters. The normalized spacial score (nSPS) is 12.4. The average molecular weight is 386 g/mol. The molecule has 0 amide bonds. The molecule has 19 heavy (non-hydrogen) atoms. The fourth-order valence-electron chi connectivity index (χ4n) is 2.13. The molecule has 0 saturated heterocycles. The molecule has 3 heteroatoms. The fraction of sp³-hybridized carbons (Fsp3) is 0.250. The summed E-state index contributed by atoms with van der Waals surface area (Å²) in [5, 5.41) is 0.936. The summed E-state index contributed by atoms with van der Waals surface area (Å²) in [5.74, 6) is 0.304. The summed E-state index contributed by atoms with van der Waals surface area (Å²) in [6, 6.07) is 15.4. The number of rotatable bonds is 5. The van der Waals surface area contributed by atoms with Gasteiger partial charge in [0.05, 0.1) is 0 Å². The van der Waals surface area contributed by atoms with E-state index in [0.29, 0.717) is 5.92 Å². The molecule has 0 aliphatic heterocycles. The van der Waals surface area contributed by atoms with E-state index in [2.05, 4.69) is 56.1 Å². The van der Waals surface area contributed by atoms with Crippen LogP contribution in [0, 0.1) is 11.7 Å². The van der Waals surface area contributed by atoms with Crippen LogP contribution in [0.15, 0.2) is 53.0 Å². The predicted molar refractivity (Wildman–Crippen MR) is 85.2 cm³/mol. The van der Waals surface area contributed by atoms with Gasteiger partial charge >= 0.3 is 0 Å². The van der Waals surface area contributed by atoms with Gasteiger partial charge < -0.3 is 0 Å². The lowest BCUT2D eigenvalue weighted by Gasteiger charge is -2.15. The van der Waals surface area contributed by atoms with E-state index in [4.69, 9.17) is 0 Å². The predicted octanol–water partition coefficient (Wildman–Crippen LogP) is 5.38. The van der Waals surface area contributed by atoms with Crippen molar-refractivity contribution in [3.05, 3.63) is 69.9 Å². The summed E-state index contributed by atoms with van der Waals surface area (Å²) in [4.78, 5) is 0. The van der Waals surface area contributed by atoms with Gasteiger partial charge in [-0.05, 0) is 42.0 Å². The third-order valence-corrected chi connectivity index (χ3v) is 4.76. The van der Waals surface area contributed by atoms with Crippen molar-refractivity contribution in [3.8, 4) is 0 Å². The maximum Gasteiger partial charge on any atom is 0.124 e. The van der Waals surface area contributed by atoms with Crippen molar-refractivity contribution in [2.45, 2.75) is 12.8 Å². The van der Waals surface area contributed by atoms with Gasteiger partial charge in [0.1, 0.15) is 5.82 Å². The maximum atomic E-state index is 13.1. The lowest BCUT2D eigenvalue weighted by atomic mass is 9.94. The highest BCUT2D eigenvalue weighted by Crippen LogP contribution is 2.23. The van der Waals surface area contributed by atoms with Crippen LogP contribution >= 0.6 is 31.9 Å². The van der Waals surface area contributed by atoms with Crippen LogP contribution in [-0.2, 0) is 12.8 Å². The van der Waals surface area contributed by atoms with Gasteiger partial charge in [-0.1, -0.05) is 68.3 Å². The molecule has 0 saturated carbocycles. The standard InChI is InChI=1S/C16H15Br2F/c17-11-13(8-12-4-2-1-3-5-12)9-14-6-7-15(19)10-16(14)18/h1-7,10,13H,8-9,11H2. The Labute approximate surface area is 130 Å². The Morgan fingerprint density at radius 3 is 2.37 bits per heavy atom. The molecule has 2 aromatic carbocycles. The first-order valence-electron chi connectivity index (χ1n) is 6.23. The Bertz CT molecular complexity index is 526. The summed E-state index contributed by atoms with van der Waals surface area (Å²) in [7, 11) is 0. The second-order valence-corrected chi connectivity index (χ2v) is 6.15. The highest BCUT2D eigenvalue weighted by atomic mass is 79.9. The summed E-state index contributed by atoms with van der Waals surface area (Å²) < 4.78 is 13.9. The first-order valence-corrected chi connectivity index (χ1v) is 8.14. The van der Waals surface area contributed by atoms with Gasteiger partial charge in [-0.3, -0.25) is 0 Å². The van der Waals surface area contributed by atoms with Crippen LogP contribution in [0.3, 0.4) is 0 Å². The SMILES string of the molecule is Fc1ccc(CC(CBr)Cc2ccccc2)c(Br)c1. The maximum absolute atomic E-state index is 13.1. The van der Waals surface area contributed by atoms with E-state index < -0.39 is 0 Å². The minimum absolute atomic E-state index is 0.200. The van der Waals surface area contributed by atoms with E-state index >= 15 is 0 Å². The molecule has 0 nitrogen and oxygen atoms in total. The Kier molecular flexibility index (Phi) is 5.59. The lowest BCUT2D eigenvalue weighted by Crippen LogP contribution is -2.10. The molecule has 0 fully saturated rings. The molecule has 0 aliphatic carbocycles. The van der Waals surface area contributed by atoms with Crippen LogP contribution < -0.4 is 0 Å². The van der Waals surface area contributed by atoms with Crippen LogP contribution in [0.2, 0.25) is 0 Å². The largest absolute Gasteiger partial charge is 0.207 e. The van der Waals surface area contributed by atoms with Crippen molar-refractivity contribution in [2.75, 3.05) is 5.33 Å². The summed E-state index contributed by atoms with van der Waals surface area (Å²) in [6.45, 7) is 0. The minimum Gasteiger partial charge on any atom is -0.207 e. The van der Waals surface area contributed by atoms with Crippen molar-refractivity contribution >= 4 is 31.9 Å². The number of alkyl halides is 1. The second kappa shape index (κ2) is 7.20. The number of halogens is 3. The van der Waals surface area contributed by atoms with E-state index in [1.165, 1.54) is 17.7 Å². The van der Waals surface area contributed by atoms with Crippen LogP contribution in [0.4, 0.5) is 4.39 Å². The van der Waals surface area contributed by atoms with Crippen LogP contribution in [0.25, 0.3) is 0 Å². The minimum atomic E-state index is -0.200. The third-order valence-electron chi connectivity index (χ3n) is 3.11. The molecule has 0 heterocycles. The molecule has 100 valence electrons. The number of hydrogen-bond donors (Lipinski definition) is 0. The molecule has 2 rings (SSSR count). The monoisotopic (exact) mass is 384 g/mol. The third kappa shape index (κ3) is 4.43. The molecular weight excluding hydrogens is 371 g/mol. The van der Waals surface area contributed by atoms with Gasteiger partial charge in [0.15, 0.2) is 0 Å². The van der Waals surface area contributed by atoms with E-state index in [1.54, 1.807) is 0 Å². The summed E-state index contributed by atoms with van der Waals surface area (Å²) in [6.07, 6.45) is 1.96. The Hall–Kier alpha value is -0.670. The van der Waals surface area contributed by atoms with E-state index in [9.17, 15) is 4.39 Å². The molecule has 0 spiro atoms. The van der Waals surface area contributed by atoms with Crippen LogP contribution in [0.5, 0.6) is 0 Å². The van der Waals surface area contributed by atoms with Crippen molar-refractivity contribution in [1.82, 2.24) is 0 Å².